The van der Waals surface area contributed by atoms with Crippen molar-refractivity contribution < 1.29 is 19.0 Å². The van der Waals surface area contributed by atoms with E-state index in [1.165, 1.54) is 12.1 Å². The zero-order chi connectivity index (χ0) is 20.4. The summed E-state index contributed by atoms with van der Waals surface area (Å²) in [4.78, 5) is 13.9. The number of hydrogen-bond acceptors (Lipinski definition) is 3. The zero-order valence-corrected chi connectivity index (χ0v) is 16.7. The highest BCUT2D eigenvalue weighted by atomic mass is 19.1. The lowest BCUT2D eigenvalue weighted by Gasteiger charge is -2.39. The molecule has 1 heterocycles. The molecule has 2 aromatic rings. The van der Waals surface area contributed by atoms with Crippen molar-refractivity contribution in [2.24, 2.45) is 0 Å². The van der Waals surface area contributed by atoms with E-state index >= 15 is 0 Å². The third-order valence-corrected chi connectivity index (χ3v) is 5.03. The molecule has 0 atom stereocenters. The fourth-order valence-electron chi connectivity index (χ4n) is 3.48. The van der Waals surface area contributed by atoms with E-state index in [0.29, 0.717) is 32.4 Å². The summed E-state index contributed by atoms with van der Waals surface area (Å²) in [5.41, 5.74) is 1.45. The van der Waals surface area contributed by atoms with Gasteiger partial charge in [0.15, 0.2) is 0 Å². The van der Waals surface area contributed by atoms with Gasteiger partial charge in [-0.15, -0.1) is 0 Å². The Labute approximate surface area is 165 Å². The number of benzene rings is 2. The number of hydrogen-bond donors (Lipinski definition) is 1. The summed E-state index contributed by atoms with van der Waals surface area (Å²) in [5.74, 6) is -0.247. The lowest BCUT2D eigenvalue weighted by molar-refractivity contribution is -0.0356. The number of piperidine rings is 1. The van der Waals surface area contributed by atoms with Gasteiger partial charge < -0.3 is 14.7 Å². The average Bonchev–Trinajstić information content (AvgIpc) is 2.63. The molecule has 5 heteroatoms. The Morgan fingerprint density at radius 2 is 1.75 bits per heavy atom. The zero-order valence-electron chi connectivity index (χ0n) is 16.7. The van der Waals surface area contributed by atoms with Crippen LogP contribution >= 0.6 is 0 Å². The topological polar surface area (TPSA) is 49.8 Å². The van der Waals surface area contributed by atoms with Crippen molar-refractivity contribution >= 4 is 6.09 Å². The molecule has 0 spiro atoms. The molecule has 0 unspecified atom stereocenters. The van der Waals surface area contributed by atoms with E-state index in [2.05, 4.69) is 0 Å². The predicted octanol–water partition coefficient (Wildman–Crippen LogP) is 4.64. The van der Waals surface area contributed by atoms with E-state index in [1.54, 1.807) is 17.0 Å². The Kier molecular flexibility index (Phi) is 5.75. The molecule has 150 valence electrons. The maximum Gasteiger partial charge on any atom is 0.410 e. The van der Waals surface area contributed by atoms with Crippen LogP contribution in [0.3, 0.4) is 0 Å². The highest BCUT2D eigenvalue weighted by Gasteiger charge is 2.36. The summed E-state index contributed by atoms with van der Waals surface area (Å²) in [6.07, 6.45) is 1.27. The number of likely N-dealkylation sites (tertiary alicyclic amines) is 1. The first-order valence-corrected chi connectivity index (χ1v) is 9.69. The number of halogens is 1. The van der Waals surface area contributed by atoms with Crippen LogP contribution in [0.2, 0.25) is 0 Å². The monoisotopic (exact) mass is 385 g/mol. The Balaban J connectivity index is 1.67. The van der Waals surface area contributed by atoms with Crippen molar-refractivity contribution in [3.63, 3.8) is 0 Å². The summed E-state index contributed by atoms with van der Waals surface area (Å²) in [6, 6.07) is 14.3. The number of carbonyl (C=O) groups is 1. The van der Waals surface area contributed by atoms with Gasteiger partial charge in [0, 0.05) is 13.1 Å². The Bertz CT molecular complexity index is 818. The van der Waals surface area contributed by atoms with Gasteiger partial charge in [-0.2, -0.15) is 0 Å². The molecule has 0 aromatic heterocycles. The van der Waals surface area contributed by atoms with Crippen molar-refractivity contribution in [1.82, 2.24) is 4.90 Å². The number of nitrogens with zero attached hydrogens (tertiary/aromatic N) is 1. The fraction of sp³-hybridized carbons (Fsp3) is 0.435. The van der Waals surface area contributed by atoms with Crippen LogP contribution in [-0.4, -0.2) is 34.8 Å². The Morgan fingerprint density at radius 1 is 1.11 bits per heavy atom. The molecular formula is C23H28FNO3. The number of carbonyl (C=O) groups excluding carboxylic acids is 1. The number of amides is 1. The second-order valence-electron chi connectivity index (χ2n) is 8.50. The predicted molar refractivity (Wildman–Crippen MR) is 107 cm³/mol. The van der Waals surface area contributed by atoms with E-state index in [0.717, 1.165) is 16.7 Å². The lowest BCUT2D eigenvalue weighted by Crippen LogP contribution is -2.46. The highest BCUT2D eigenvalue weighted by molar-refractivity contribution is 5.68. The van der Waals surface area contributed by atoms with Crippen molar-refractivity contribution in [2.75, 3.05) is 13.1 Å². The second kappa shape index (κ2) is 7.92. The first-order valence-electron chi connectivity index (χ1n) is 9.69. The van der Waals surface area contributed by atoms with E-state index in [9.17, 15) is 14.3 Å². The van der Waals surface area contributed by atoms with Gasteiger partial charge in [-0.3, -0.25) is 0 Å². The van der Waals surface area contributed by atoms with E-state index in [1.807, 2.05) is 45.0 Å². The molecule has 28 heavy (non-hydrogen) atoms. The maximum absolute atomic E-state index is 13.1. The van der Waals surface area contributed by atoms with Crippen LogP contribution in [0.4, 0.5) is 9.18 Å². The van der Waals surface area contributed by atoms with Crippen molar-refractivity contribution in [1.29, 1.82) is 0 Å². The van der Waals surface area contributed by atoms with E-state index in [-0.39, 0.29) is 11.9 Å². The Hall–Kier alpha value is -2.40. The van der Waals surface area contributed by atoms with Gasteiger partial charge in [-0.1, -0.05) is 36.4 Å². The van der Waals surface area contributed by atoms with Crippen molar-refractivity contribution in [3.05, 3.63) is 71.0 Å². The first-order chi connectivity index (χ1) is 13.1. The van der Waals surface area contributed by atoms with Crippen LogP contribution in [0.25, 0.3) is 0 Å². The SMILES string of the molecule is CC(C)(C)OC(=O)N1CCC(O)(c2cccc(Cc3ccc(F)cc3)c2)CC1. The van der Waals surface area contributed by atoms with Gasteiger partial charge >= 0.3 is 6.09 Å². The summed E-state index contributed by atoms with van der Waals surface area (Å²) >= 11 is 0. The summed E-state index contributed by atoms with van der Waals surface area (Å²) in [6.45, 7) is 6.44. The third kappa shape index (κ3) is 5.10. The second-order valence-corrected chi connectivity index (χ2v) is 8.50. The fourth-order valence-corrected chi connectivity index (χ4v) is 3.48. The third-order valence-electron chi connectivity index (χ3n) is 5.03. The molecule has 4 nitrogen and oxygen atoms in total. The van der Waals surface area contributed by atoms with Gasteiger partial charge in [0.25, 0.3) is 0 Å². The van der Waals surface area contributed by atoms with Crippen molar-refractivity contribution in [3.8, 4) is 0 Å². The molecule has 1 aliphatic heterocycles. The molecular weight excluding hydrogens is 357 g/mol. The van der Waals surface area contributed by atoms with Crippen LogP contribution in [0.1, 0.15) is 50.3 Å². The van der Waals surface area contributed by atoms with E-state index < -0.39 is 11.2 Å². The molecule has 1 aliphatic rings. The molecule has 0 aliphatic carbocycles. The largest absolute Gasteiger partial charge is 0.444 e. The molecule has 1 N–H and O–H groups in total. The van der Waals surface area contributed by atoms with Crippen molar-refractivity contribution in [2.45, 2.75) is 51.2 Å². The van der Waals surface area contributed by atoms with Crippen LogP contribution in [-0.2, 0) is 16.8 Å². The molecule has 0 saturated carbocycles. The van der Waals surface area contributed by atoms with Gasteiger partial charge in [0.1, 0.15) is 11.4 Å². The average molecular weight is 385 g/mol. The lowest BCUT2D eigenvalue weighted by atomic mass is 9.83. The van der Waals surface area contributed by atoms with Gasteiger partial charge in [-0.25, -0.2) is 9.18 Å². The van der Waals surface area contributed by atoms with Crippen LogP contribution < -0.4 is 0 Å². The minimum absolute atomic E-state index is 0.247. The number of rotatable bonds is 3. The molecule has 3 rings (SSSR count). The van der Waals surface area contributed by atoms with Crippen LogP contribution in [0, 0.1) is 5.82 Å². The quantitative estimate of drug-likeness (QED) is 0.838. The molecule has 0 bridgehead atoms. The molecule has 2 aromatic carbocycles. The molecule has 1 fully saturated rings. The standard InChI is InChI=1S/C23H28FNO3/c1-22(2,3)28-21(26)25-13-11-23(27,12-14-25)19-6-4-5-18(16-19)15-17-7-9-20(24)10-8-17/h4-10,16,27H,11-15H2,1-3H3. The van der Waals surface area contributed by atoms with Crippen LogP contribution in [0.15, 0.2) is 48.5 Å². The van der Waals surface area contributed by atoms with Gasteiger partial charge in [0.05, 0.1) is 5.60 Å². The first kappa shape index (κ1) is 20.3. The van der Waals surface area contributed by atoms with Gasteiger partial charge in [0.2, 0.25) is 0 Å². The minimum atomic E-state index is -0.961. The van der Waals surface area contributed by atoms with Crippen LogP contribution in [0.5, 0.6) is 0 Å². The maximum atomic E-state index is 13.1. The molecule has 1 saturated heterocycles. The normalized spacial score (nSPS) is 16.7. The Morgan fingerprint density at radius 3 is 2.36 bits per heavy atom. The number of aliphatic hydroxyl groups is 1. The number of ether oxygens (including phenoxy) is 1. The molecule has 0 radical (unpaired) electrons. The summed E-state index contributed by atoms with van der Waals surface area (Å²) in [7, 11) is 0. The smallest absolute Gasteiger partial charge is 0.410 e. The molecule has 1 amide bonds. The minimum Gasteiger partial charge on any atom is -0.444 e. The highest BCUT2D eigenvalue weighted by Crippen LogP contribution is 2.34. The summed E-state index contributed by atoms with van der Waals surface area (Å²) in [5, 5.41) is 11.2. The van der Waals surface area contributed by atoms with E-state index in [4.69, 9.17) is 4.74 Å². The van der Waals surface area contributed by atoms with Gasteiger partial charge in [-0.05, 0) is 68.9 Å². The summed E-state index contributed by atoms with van der Waals surface area (Å²) < 4.78 is 18.5.